The van der Waals surface area contributed by atoms with Gasteiger partial charge in [0.25, 0.3) is 5.91 Å². The Bertz CT molecular complexity index is 1110. The third-order valence-corrected chi connectivity index (χ3v) is 4.72. The lowest BCUT2D eigenvalue weighted by molar-refractivity contribution is -0.146. The van der Waals surface area contributed by atoms with Gasteiger partial charge in [-0.2, -0.15) is 0 Å². The van der Waals surface area contributed by atoms with Gasteiger partial charge in [-0.3, -0.25) is 19.3 Å². The molecule has 1 aliphatic rings. The maximum atomic E-state index is 12.4. The van der Waals surface area contributed by atoms with Gasteiger partial charge in [0.15, 0.2) is 6.61 Å². The number of benzene rings is 3. The topological polar surface area (TPSA) is 84.9 Å². The summed E-state index contributed by atoms with van der Waals surface area (Å²) in [5, 5.41) is 4.77. The minimum atomic E-state index is -0.672. The van der Waals surface area contributed by atoms with Crippen molar-refractivity contribution in [1.29, 1.82) is 0 Å². The molecule has 2 amide bonds. The van der Waals surface area contributed by atoms with E-state index in [2.05, 4.69) is 5.32 Å². The maximum absolute atomic E-state index is 12.4. The molecule has 0 spiro atoms. The first-order valence-corrected chi connectivity index (χ1v) is 9.56. The Balaban J connectivity index is 1.35. The second kappa shape index (κ2) is 8.65. The summed E-state index contributed by atoms with van der Waals surface area (Å²) in [5.74, 6) is -0.832. The largest absolute Gasteiger partial charge is 0.491 e. The minimum absolute atomic E-state index is 0.157. The van der Waals surface area contributed by atoms with Crippen LogP contribution in [0.2, 0.25) is 0 Å². The van der Waals surface area contributed by atoms with Gasteiger partial charge in [-0.05, 0) is 35.0 Å². The van der Waals surface area contributed by atoms with Crippen LogP contribution < -0.4 is 15.0 Å². The molecule has 1 N–H and O–H groups in total. The van der Waals surface area contributed by atoms with Gasteiger partial charge in [0.05, 0.1) is 18.7 Å². The number of esters is 1. The molecule has 7 nitrogen and oxygen atoms in total. The summed E-state index contributed by atoms with van der Waals surface area (Å²) < 4.78 is 10.6. The number of hydrogen-bond acceptors (Lipinski definition) is 5. The lowest BCUT2D eigenvalue weighted by atomic mass is 10.1. The van der Waals surface area contributed by atoms with E-state index < -0.39 is 18.5 Å². The van der Waals surface area contributed by atoms with E-state index in [1.807, 2.05) is 36.4 Å². The SMILES string of the molecule is O=C(COC(=O)CN1C(=O)CCOc2ccccc21)Nc1ccc2ccccc2c1. The Hall–Kier alpha value is -3.87. The third kappa shape index (κ3) is 4.41. The van der Waals surface area contributed by atoms with Gasteiger partial charge >= 0.3 is 5.97 Å². The predicted octanol–water partition coefficient (Wildman–Crippen LogP) is 3.14. The number of amides is 2. The molecule has 1 aliphatic heterocycles. The number of nitrogens with one attached hydrogen (secondary N) is 1. The van der Waals surface area contributed by atoms with Crippen LogP contribution >= 0.6 is 0 Å². The molecule has 0 aliphatic carbocycles. The van der Waals surface area contributed by atoms with E-state index in [4.69, 9.17) is 9.47 Å². The summed E-state index contributed by atoms with van der Waals surface area (Å²) in [6.07, 6.45) is 0.157. The summed E-state index contributed by atoms with van der Waals surface area (Å²) >= 11 is 0. The molecule has 0 radical (unpaired) electrons. The molecule has 0 saturated heterocycles. The highest BCUT2D eigenvalue weighted by Crippen LogP contribution is 2.30. The highest BCUT2D eigenvalue weighted by atomic mass is 16.5. The first kappa shape index (κ1) is 19.4. The standard InChI is InChI=1S/C23H20N2O5/c26-21(24-18-10-9-16-5-1-2-6-17(16)13-18)15-30-23(28)14-25-19-7-3-4-8-20(19)29-12-11-22(25)27/h1-10,13H,11-12,14-15H2,(H,24,26). The van der Waals surface area contributed by atoms with E-state index in [9.17, 15) is 14.4 Å². The van der Waals surface area contributed by atoms with Crippen molar-refractivity contribution < 1.29 is 23.9 Å². The summed E-state index contributed by atoms with van der Waals surface area (Å²) in [4.78, 5) is 38.1. The number of nitrogens with zero attached hydrogens (tertiary/aromatic N) is 1. The van der Waals surface area contributed by atoms with Gasteiger partial charge < -0.3 is 14.8 Å². The summed E-state index contributed by atoms with van der Waals surface area (Å²) in [6, 6.07) is 20.3. The number of fused-ring (bicyclic) bond motifs is 2. The van der Waals surface area contributed by atoms with E-state index in [0.29, 0.717) is 17.1 Å². The zero-order valence-electron chi connectivity index (χ0n) is 16.2. The maximum Gasteiger partial charge on any atom is 0.326 e. The Morgan fingerprint density at radius 2 is 1.77 bits per heavy atom. The van der Waals surface area contributed by atoms with E-state index in [1.54, 1.807) is 30.3 Å². The number of rotatable bonds is 5. The average molecular weight is 404 g/mol. The number of ether oxygens (including phenoxy) is 2. The molecule has 1 heterocycles. The zero-order valence-corrected chi connectivity index (χ0v) is 16.2. The zero-order chi connectivity index (χ0) is 20.9. The van der Waals surface area contributed by atoms with Crippen molar-refractivity contribution in [1.82, 2.24) is 0 Å². The number of hydrogen-bond donors (Lipinski definition) is 1. The highest BCUT2D eigenvalue weighted by molar-refractivity contribution is 6.00. The fourth-order valence-corrected chi connectivity index (χ4v) is 3.28. The van der Waals surface area contributed by atoms with Crippen LogP contribution in [0.5, 0.6) is 5.75 Å². The van der Waals surface area contributed by atoms with Crippen LogP contribution in [0.4, 0.5) is 11.4 Å². The van der Waals surface area contributed by atoms with Crippen molar-refractivity contribution in [2.45, 2.75) is 6.42 Å². The van der Waals surface area contributed by atoms with Gasteiger partial charge in [-0.25, -0.2) is 0 Å². The molecule has 0 saturated carbocycles. The third-order valence-electron chi connectivity index (χ3n) is 4.72. The van der Waals surface area contributed by atoms with Crippen LogP contribution in [0.3, 0.4) is 0 Å². The van der Waals surface area contributed by atoms with Crippen molar-refractivity contribution in [2.24, 2.45) is 0 Å². The Labute approximate surface area is 173 Å². The number of anilines is 2. The van der Waals surface area contributed by atoms with Gasteiger partial charge in [0, 0.05) is 5.69 Å². The van der Waals surface area contributed by atoms with Gasteiger partial charge in [-0.1, -0.05) is 42.5 Å². The van der Waals surface area contributed by atoms with Crippen molar-refractivity contribution >= 4 is 39.9 Å². The fourth-order valence-electron chi connectivity index (χ4n) is 3.28. The first-order chi connectivity index (χ1) is 14.6. The second-order valence-electron chi connectivity index (χ2n) is 6.82. The fraction of sp³-hybridized carbons (Fsp3) is 0.174. The lowest BCUT2D eigenvalue weighted by Crippen LogP contribution is -2.36. The molecule has 0 bridgehead atoms. The van der Waals surface area contributed by atoms with Crippen molar-refractivity contribution in [3.63, 3.8) is 0 Å². The molecule has 0 aromatic heterocycles. The predicted molar refractivity (Wildman–Crippen MR) is 112 cm³/mol. The normalized spacial score (nSPS) is 13.2. The lowest BCUT2D eigenvalue weighted by Gasteiger charge is -2.20. The summed E-state index contributed by atoms with van der Waals surface area (Å²) in [7, 11) is 0. The molecule has 0 unspecified atom stereocenters. The van der Waals surface area contributed by atoms with Crippen molar-refractivity contribution in [2.75, 3.05) is 30.0 Å². The molecule has 4 rings (SSSR count). The van der Waals surface area contributed by atoms with Crippen LogP contribution in [-0.2, 0) is 19.1 Å². The van der Waals surface area contributed by atoms with Gasteiger partial charge in [0.2, 0.25) is 5.91 Å². The Kier molecular flexibility index (Phi) is 5.61. The van der Waals surface area contributed by atoms with Crippen LogP contribution in [0.1, 0.15) is 6.42 Å². The quantitative estimate of drug-likeness (QED) is 0.661. The van der Waals surface area contributed by atoms with E-state index in [0.717, 1.165) is 10.8 Å². The summed E-state index contributed by atoms with van der Waals surface area (Å²) in [6.45, 7) is -0.482. The highest BCUT2D eigenvalue weighted by Gasteiger charge is 2.25. The first-order valence-electron chi connectivity index (χ1n) is 9.56. The Morgan fingerprint density at radius 3 is 2.63 bits per heavy atom. The van der Waals surface area contributed by atoms with Gasteiger partial charge in [-0.15, -0.1) is 0 Å². The van der Waals surface area contributed by atoms with Crippen molar-refractivity contribution in [3.05, 3.63) is 66.7 Å². The number of para-hydroxylation sites is 2. The molecular weight excluding hydrogens is 384 g/mol. The van der Waals surface area contributed by atoms with Crippen molar-refractivity contribution in [3.8, 4) is 5.75 Å². The van der Waals surface area contributed by atoms with E-state index in [-0.39, 0.29) is 25.5 Å². The molecule has 7 heteroatoms. The minimum Gasteiger partial charge on any atom is -0.491 e. The Morgan fingerprint density at radius 1 is 1.00 bits per heavy atom. The van der Waals surface area contributed by atoms with Crippen LogP contribution in [-0.4, -0.2) is 37.5 Å². The molecule has 0 fully saturated rings. The number of carbonyl (C=O) groups excluding carboxylic acids is 3. The van der Waals surface area contributed by atoms with E-state index >= 15 is 0 Å². The second-order valence-corrected chi connectivity index (χ2v) is 6.82. The molecule has 0 atom stereocenters. The molecule has 3 aromatic carbocycles. The molecule has 30 heavy (non-hydrogen) atoms. The number of carbonyl (C=O) groups is 3. The van der Waals surface area contributed by atoms with E-state index in [1.165, 1.54) is 4.90 Å². The van der Waals surface area contributed by atoms with Crippen LogP contribution in [0, 0.1) is 0 Å². The smallest absolute Gasteiger partial charge is 0.326 e. The molecular formula is C23H20N2O5. The van der Waals surface area contributed by atoms with Crippen LogP contribution in [0.25, 0.3) is 10.8 Å². The monoisotopic (exact) mass is 404 g/mol. The average Bonchev–Trinajstić information content (AvgIpc) is 2.91. The van der Waals surface area contributed by atoms with Crippen LogP contribution in [0.15, 0.2) is 66.7 Å². The molecule has 3 aromatic rings. The molecule has 152 valence electrons. The van der Waals surface area contributed by atoms with Gasteiger partial charge in [0.1, 0.15) is 12.3 Å². The summed E-state index contributed by atoms with van der Waals surface area (Å²) in [5.41, 5.74) is 1.13.